The summed E-state index contributed by atoms with van der Waals surface area (Å²) in [7, 11) is 1.91. The second-order valence-corrected chi connectivity index (χ2v) is 4.12. The van der Waals surface area contributed by atoms with E-state index in [-0.39, 0.29) is 6.61 Å². The van der Waals surface area contributed by atoms with Crippen LogP contribution in [0.5, 0.6) is 5.75 Å². The molecule has 0 amide bonds. The summed E-state index contributed by atoms with van der Waals surface area (Å²) in [6.07, 6.45) is 2.61. The Morgan fingerprint density at radius 2 is 2.21 bits per heavy atom. The first kappa shape index (κ1) is 15.2. The number of carbonyl (C=O) groups is 1. The molecule has 104 valence electrons. The van der Waals surface area contributed by atoms with Gasteiger partial charge in [-0.2, -0.15) is 0 Å². The van der Waals surface area contributed by atoms with E-state index in [9.17, 15) is 4.79 Å². The van der Waals surface area contributed by atoms with Gasteiger partial charge in [-0.1, -0.05) is 12.1 Å². The first-order chi connectivity index (χ1) is 9.11. The molecule has 0 aliphatic heterocycles. The Hall–Kier alpha value is -1.85. The van der Waals surface area contributed by atoms with Gasteiger partial charge < -0.3 is 19.8 Å². The Balaban J connectivity index is 2.46. The standard InChI is InChI=1S/C14H19NO4/c1-15(7-9-16)8-10-19-13-4-2-3-12(11-13)5-6-14(17)18/h2-6,11,16H,7-10H2,1H3,(H,17,18)/b6-5+. The molecule has 5 nitrogen and oxygen atoms in total. The fourth-order valence-corrected chi connectivity index (χ4v) is 1.48. The number of carboxylic acids is 1. The number of nitrogens with zero attached hydrogens (tertiary/aromatic N) is 1. The first-order valence-corrected chi connectivity index (χ1v) is 6.05. The van der Waals surface area contributed by atoms with E-state index in [0.717, 1.165) is 18.2 Å². The number of hydrogen-bond acceptors (Lipinski definition) is 4. The third kappa shape index (κ3) is 6.59. The van der Waals surface area contributed by atoms with Crippen molar-refractivity contribution in [3.8, 4) is 5.75 Å². The lowest BCUT2D eigenvalue weighted by atomic mass is 10.2. The Kier molecular flexibility index (Phi) is 6.63. The highest BCUT2D eigenvalue weighted by molar-refractivity contribution is 5.85. The number of aliphatic hydroxyl groups excluding tert-OH is 1. The molecule has 0 aliphatic carbocycles. The number of hydrogen-bond donors (Lipinski definition) is 2. The van der Waals surface area contributed by atoms with Crippen molar-refractivity contribution in [1.82, 2.24) is 4.90 Å². The molecular weight excluding hydrogens is 246 g/mol. The van der Waals surface area contributed by atoms with Crippen molar-refractivity contribution in [3.63, 3.8) is 0 Å². The molecular formula is C14H19NO4. The van der Waals surface area contributed by atoms with Gasteiger partial charge in [0.15, 0.2) is 0 Å². The van der Waals surface area contributed by atoms with Gasteiger partial charge in [0.1, 0.15) is 12.4 Å². The number of rotatable bonds is 8. The first-order valence-electron chi connectivity index (χ1n) is 6.05. The van der Waals surface area contributed by atoms with Crippen molar-refractivity contribution in [2.75, 3.05) is 33.4 Å². The van der Waals surface area contributed by atoms with Crippen LogP contribution in [0.1, 0.15) is 5.56 Å². The van der Waals surface area contributed by atoms with E-state index in [2.05, 4.69) is 0 Å². The van der Waals surface area contributed by atoms with Gasteiger partial charge in [0.05, 0.1) is 6.61 Å². The molecule has 19 heavy (non-hydrogen) atoms. The molecule has 0 bridgehead atoms. The van der Waals surface area contributed by atoms with Gasteiger partial charge in [0, 0.05) is 19.2 Å². The lowest BCUT2D eigenvalue weighted by Gasteiger charge is -2.15. The summed E-state index contributed by atoms with van der Waals surface area (Å²) in [6.45, 7) is 1.98. The molecule has 0 aromatic heterocycles. The minimum atomic E-state index is -0.975. The highest BCUT2D eigenvalue weighted by atomic mass is 16.5. The zero-order chi connectivity index (χ0) is 14.1. The quantitative estimate of drug-likeness (QED) is 0.688. The van der Waals surface area contributed by atoms with E-state index in [1.807, 2.05) is 30.1 Å². The normalized spacial score (nSPS) is 11.1. The third-order valence-electron chi connectivity index (χ3n) is 2.50. The van der Waals surface area contributed by atoms with Gasteiger partial charge in [-0.25, -0.2) is 4.79 Å². The fourth-order valence-electron chi connectivity index (χ4n) is 1.48. The van der Waals surface area contributed by atoms with Crippen LogP contribution < -0.4 is 4.74 Å². The molecule has 0 radical (unpaired) electrons. The molecule has 5 heteroatoms. The average molecular weight is 265 g/mol. The molecule has 0 atom stereocenters. The van der Waals surface area contributed by atoms with Crippen molar-refractivity contribution < 1.29 is 19.7 Å². The van der Waals surface area contributed by atoms with Gasteiger partial charge in [0.2, 0.25) is 0 Å². The van der Waals surface area contributed by atoms with Crippen LogP contribution in [-0.2, 0) is 4.79 Å². The van der Waals surface area contributed by atoms with Crippen LogP contribution >= 0.6 is 0 Å². The third-order valence-corrected chi connectivity index (χ3v) is 2.50. The van der Waals surface area contributed by atoms with E-state index in [4.69, 9.17) is 14.9 Å². The van der Waals surface area contributed by atoms with Gasteiger partial charge in [0.25, 0.3) is 0 Å². The lowest BCUT2D eigenvalue weighted by Crippen LogP contribution is -2.27. The Morgan fingerprint density at radius 1 is 1.42 bits per heavy atom. The highest BCUT2D eigenvalue weighted by Gasteiger charge is 1.99. The molecule has 0 saturated heterocycles. The zero-order valence-electron chi connectivity index (χ0n) is 11.0. The molecule has 1 aromatic rings. The molecule has 0 aliphatic rings. The van der Waals surface area contributed by atoms with Crippen molar-refractivity contribution in [1.29, 1.82) is 0 Å². The van der Waals surface area contributed by atoms with Crippen molar-refractivity contribution in [3.05, 3.63) is 35.9 Å². The van der Waals surface area contributed by atoms with Gasteiger partial charge in [-0.05, 0) is 30.8 Å². The second-order valence-electron chi connectivity index (χ2n) is 4.12. The summed E-state index contributed by atoms with van der Waals surface area (Å²) in [5.41, 5.74) is 0.781. The summed E-state index contributed by atoms with van der Waals surface area (Å²) in [5, 5.41) is 17.3. The number of carboxylic acid groups (broad SMARTS) is 1. The van der Waals surface area contributed by atoms with Gasteiger partial charge in [-0.3, -0.25) is 0 Å². The zero-order valence-corrected chi connectivity index (χ0v) is 11.0. The number of likely N-dealkylation sites (N-methyl/N-ethyl adjacent to an activating group) is 1. The van der Waals surface area contributed by atoms with Gasteiger partial charge >= 0.3 is 5.97 Å². The lowest BCUT2D eigenvalue weighted by molar-refractivity contribution is -0.131. The number of aliphatic hydroxyl groups is 1. The smallest absolute Gasteiger partial charge is 0.328 e. The SMILES string of the molecule is CN(CCO)CCOc1cccc(/C=C/C(=O)O)c1. The summed E-state index contributed by atoms with van der Waals surface area (Å²) >= 11 is 0. The number of aliphatic carboxylic acids is 1. The number of benzene rings is 1. The van der Waals surface area contributed by atoms with E-state index >= 15 is 0 Å². The molecule has 1 rings (SSSR count). The van der Waals surface area contributed by atoms with Crippen LogP contribution in [0.4, 0.5) is 0 Å². The molecule has 1 aromatic carbocycles. The van der Waals surface area contributed by atoms with Gasteiger partial charge in [-0.15, -0.1) is 0 Å². The number of ether oxygens (including phenoxy) is 1. The maximum absolute atomic E-state index is 10.4. The van der Waals surface area contributed by atoms with E-state index < -0.39 is 5.97 Å². The largest absolute Gasteiger partial charge is 0.492 e. The van der Waals surface area contributed by atoms with E-state index in [1.54, 1.807) is 6.07 Å². The van der Waals surface area contributed by atoms with Crippen LogP contribution in [0, 0.1) is 0 Å². The summed E-state index contributed by atoms with van der Waals surface area (Å²) in [4.78, 5) is 12.4. The van der Waals surface area contributed by atoms with Crippen LogP contribution in [0.2, 0.25) is 0 Å². The predicted octanol–water partition coefficient (Wildman–Crippen LogP) is 1.09. The molecule has 0 unspecified atom stereocenters. The van der Waals surface area contributed by atoms with Crippen molar-refractivity contribution in [2.24, 2.45) is 0 Å². The molecule has 0 fully saturated rings. The topological polar surface area (TPSA) is 70.0 Å². The van der Waals surface area contributed by atoms with Crippen LogP contribution in [0.3, 0.4) is 0 Å². The Labute approximate surface area is 112 Å². The van der Waals surface area contributed by atoms with Crippen LogP contribution in [0.25, 0.3) is 6.08 Å². The molecule has 0 spiro atoms. The fraction of sp³-hybridized carbons (Fsp3) is 0.357. The molecule has 0 heterocycles. The Morgan fingerprint density at radius 3 is 2.89 bits per heavy atom. The minimum absolute atomic E-state index is 0.131. The average Bonchev–Trinajstić information content (AvgIpc) is 2.37. The molecule has 0 saturated carbocycles. The summed E-state index contributed by atoms with van der Waals surface area (Å²) in [6, 6.07) is 7.23. The van der Waals surface area contributed by atoms with Crippen molar-refractivity contribution >= 4 is 12.0 Å². The van der Waals surface area contributed by atoms with E-state index in [0.29, 0.717) is 18.9 Å². The summed E-state index contributed by atoms with van der Waals surface area (Å²) < 4.78 is 5.57. The van der Waals surface area contributed by atoms with E-state index in [1.165, 1.54) is 6.08 Å². The molecule has 2 N–H and O–H groups in total. The maximum Gasteiger partial charge on any atom is 0.328 e. The van der Waals surface area contributed by atoms with Crippen LogP contribution in [0.15, 0.2) is 30.3 Å². The summed E-state index contributed by atoms with van der Waals surface area (Å²) in [5.74, 6) is -0.276. The predicted molar refractivity (Wildman–Crippen MR) is 73.2 cm³/mol. The monoisotopic (exact) mass is 265 g/mol. The highest BCUT2D eigenvalue weighted by Crippen LogP contribution is 2.14. The maximum atomic E-state index is 10.4. The second kappa shape index (κ2) is 8.29. The Bertz CT molecular complexity index is 431. The van der Waals surface area contributed by atoms with Crippen LogP contribution in [-0.4, -0.2) is 54.4 Å². The minimum Gasteiger partial charge on any atom is -0.492 e. The van der Waals surface area contributed by atoms with Crippen molar-refractivity contribution in [2.45, 2.75) is 0 Å².